The van der Waals surface area contributed by atoms with Crippen molar-refractivity contribution >= 4 is 11.9 Å². The van der Waals surface area contributed by atoms with Gasteiger partial charge in [0.25, 0.3) is 0 Å². The lowest BCUT2D eigenvalue weighted by Crippen LogP contribution is -2.42. The minimum absolute atomic E-state index is 0.0147. The maximum Gasteiger partial charge on any atom is 0.318 e. The van der Waals surface area contributed by atoms with Gasteiger partial charge in [0.2, 0.25) is 5.91 Å². The fraction of sp³-hybridized carbons (Fsp3) is 0.778. The van der Waals surface area contributed by atoms with E-state index in [9.17, 15) is 9.59 Å². The summed E-state index contributed by atoms with van der Waals surface area (Å²) in [5, 5.41) is 8.81. The summed E-state index contributed by atoms with van der Waals surface area (Å²) in [6.45, 7) is 5.19. The van der Waals surface area contributed by atoms with Gasteiger partial charge < -0.3 is 15.6 Å². The van der Waals surface area contributed by atoms with Crippen LogP contribution in [-0.2, 0) is 14.3 Å². The highest BCUT2D eigenvalue weighted by atomic mass is 16.5. The third kappa shape index (κ3) is 3.33. The van der Waals surface area contributed by atoms with Gasteiger partial charge in [-0.05, 0) is 27.2 Å². The van der Waals surface area contributed by atoms with Gasteiger partial charge in [-0.3, -0.25) is 9.59 Å². The maximum absolute atomic E-state index is 10.9. The molecule has 1 atom stereocenters. The molecule has 5 heteroatoms. The molecule has 0 aliphatic carbocycles. The Morgan fingerprint density at radius 1 is 1.50 bits per heavy atom. The molecule has 0 aromatic carbocycles. The lowest BCUT2D eigenvalue weighted by atomic mass is 9.86. The number of hydrogen-bond donors (Lipinski definition) is 2. The summed E-state index contributed by atoms with van der Waals surface area (Å²) < 4.78 is 5.17. The van der Waals surface area contributed by atoms with Crippen molar-refractivity contribution < 1.29 is 19.4 Å². The number of hydrogen-bond acceptors (Lipinski definition) is 3. The van der Waals surface area contributed by atoms with Gasteiger partial charge in [0.15, 0.2) is 0 Å². The predicted octanol–water partition coefficient (Wildman–Crippen LogP) is 0.378. The first kappa shape index (κ1) is 12.9. The van der Waals surface area contributed by atoms with Gasteiger partial charge in [0.05, 0.1) is 6.10 Å². The summed E-state index contributed by atoms with van der Waals surface area (Å²) in [5.74, 6) is -2.05. The largest absolute Gasteiger partial charge is 0.480 e. The number of rotatable bonds is 6. The molecule has 5 nitrogen and oxygen atoms in total. The first-order valence-corrected chi connectivity index (χ1v) is 4.45. The van der Waals surface area contributed by atoms with Crippen molar-refractivity contribution in [2.75, 3.05) is 6.61 Å². The van der Waals surface area contributed by atoms with Crippen LogP contribution < -0.4 is 5.73 Å². The molecular formula is C9H17NO4. The van der Waals surface area contributed by atoms with Crippen LogP contribution in [0, 0.1) is 5.41 Å². The van der Waals surface area contributed by atoms with E-state index in [1.807, 2.05) is 13.8 Å². The quantitative estimate of drug-likeness (QED) is 0.610. The van der Waals surface area contributed by atoms with Crippen LogP contribution in [0.3, 0.4) is 0 Å². The average molecular weight is 203 g/mol. The molecule has 0 bridgehead atoms. The summed E-state index contributed by atoms with van der Waals surface area (Å²) in [4.78, 5) is 21.7. The number of carboxylic acids is 1. The number of carbonyl (C=O) groups is 2. The summed E-state index contributed by atoms with van der Waals surface area (Å²) in [5.41, 5.74) is 3.48. The molecule has 14 heavy (non-hydrogen) atoms. The smallest absolute Gasteiger partial charge is 0.318 e. The van der Waals surface area contributed by atoms with Gasteiger partial charge in [-0.1, -0.05) is 0 Å². The molecule has 0 fully saturated rings. The van der Waals surface area contributed by atoms with E-state index in [2.05, 4.69) is 0 Å². The van der Waals surface area contributed by atoms with E-state index >= 15 is 0 Å². The second-order valence-electron chi connectivity index (χ2n) is 3.67. The SMILES string of the molecule is CC(C)OCCC(C)(C(N)=O)C(=O)O. The Labute approximate surface area is 83.2 Å². The molecule has 0 heterocycles. The maximum atomic E-state index is 10.9. The number of carbonyl (C=O) groups excluding carboxylic acids is 1. The number of aliphatic carboxylic acids is 1. The van der Waals surface area contributed by atoms with Crippen LogP contribution in [0.25, 0.3) is 0 Å². The lowest BCUT2D eigenvalue weighted by Gasteiger charge is -2.21. The van der Waals surface area contributed by atoms with Crippen molar-refractivity contribution in [3.63, 3.8) is 0 Å². The van der Waals surface area contributed by atoms with Crippen molar-refractivity contribution in [3.05, 3.63) is 0 Å². The van der Waals surface area contributed by atoms with Crippen LogP contribution >= 0.6 is 0 Å². The van der Waals surface area contributed by atoms with Crippen molar-refractivity contribution in [2.45, 2.75) is 33.3 Å². The zero-order valence-electron chi connectivity index (χ0n) is 8.74. The fourth-order valence-electron chi connectivity index (χ4n) is 0.834. The van der Waals surface area contributed by atoms with Gasteiger partial charge in [-0.2, -0.15) is 0 Å². The van der Waals surface area contributed by atoms with Gasteiger partial charge in [-0.25, -0.2) is 0 Å². The highest BCUT2D eigenvalue weighted by Crippen LogP contribution is 2.21. The fourth-order valence-corrected chi connectivity index (χ4v) is 0.834. The summed E-state index contributed by atoms with van der Waals surface area (Å²) in [7, 11) is 0. The molecule has 0 aliphatic heterocycles. The van der Waals surface area contributed by atoms with Crippen molar-refractivity contribution in [1.29, 1.82) is 0 Å². The van der Waals surface area contributed by atoms with Crippen LogP contribution in [0.2, 0.25) is 0 Å². The Hall–Kier alpha value is -1.10. The van der Waals surface area contributed by atoms with Crippen LogP contribution in [0.4, 0.5) is 0 Å². The molecule has 3 N–H and O–H groups in total. The van der Waals surface area contributed by atoms with Gasteiger partial charge >= 0.3 is 5.97 Å². The molecule has 1 unspecified atom stereocenters. The van der Waals surface area contributed by atoms with Crippen LogP contribution in [0.1, 0.15) is 27.2 Å². The van der Waals surface area contributed by atoms with E-state index in [-0.39, 0.29) is 19.1 Å². The molecule has 0 rings (SSSR count). The number of nitrogens with two attached hydrogens (primary N) is 1. The van der Waals surface area contributed by atoms with Crippen LogP contribution in [0.5, 0.6) is 0 Å². The van der Waals surface area contributed by atoms with E-state index < -0.39 is 17.3 Å². The van der Waals surface area contributed by atoms with Crippen molar-refractivity contribution in [3.8, 4) is 0 Å². The standard InChI is InChI=1S/C9H17NO4/c1-6(2)14-5-4-9(3,7(10)11)8(12)13/h6H,4-5H2,1-3H3,(H2,10,11)(H,12,13). The molecule has 82 valence electrons. The molecule has 1 amide bonds. The third-order valence-corrected chi connectivity index (χ3v) is 2.07. The summed E-state index contributed by atoms with van der Waals surface area (Å²) >= 11 is 0. The third-order valence-electron chi connectivity index (χ3n) is 2.07. The first-order chi connectivity index (χ1) is 6.30. The molecule has 0 aliphatic rings. The van der Waals surface area contributed by atoms with E-state index in [4.69, 9.17) is 15.6 Å². The second-order valence-corrected chi connectivity index (χ2v) is 3.67. The van der Waals surface area contributed by atoms with Crippen molar-refractivity contribution in [1.82, 2.24) is 0 Å². The van der Waals surface area contributed by atoms with E-state index in [0.717, 1.165) is 0 Å². The van der Waals surface area contributed by atoms with Gasteiger partial charge in [0.1, 0.15) is 5.41 Å². The molecule has 0 aromatic rings. The summed E-state index contributed by atoms with van der Waals surface area (Å²) in [6, 6.07) is 0. The first-order valence-electron chi connectivity index (χ1n) is 4.45. The molecule has 0 saturated carbocycles. The Morgan fingerprint density at radius 3 is 2.29 bits per heavy atom. The normalized spacial score (nSPS) is 15.1. The monoisotopic (exact) mass is 203 g/mol. The second kappa shape index (κ2) is 4.95. The van der Waals surface area contributed by atoms with E-state index in [1.54, 1.807) is 0 Å². The molecule has 0 radical (unpaired) electrons. The highest BCUT2D eigenvalue weighted by Gasteiger charge is 2.39. The molecule has 0 spiro atoms. The van der Waals surface area contributed by atoms with Crippen LogP contribution in [0.15, 0.2) is 0 Å². The Morgan fingerprint density at radius 2 is 2.00 bits per heavy atom. The predicted molar refractivity (Wildman–Crippen MR) is 50.6 cm³/mol. The van der Waals surface area contributed by atoms with Crippen molar-refractivity contribution in [2.24, 2.45) is 11.1 Å². The number of ether oxygens (including phenoxy) is 1. The zero-order chi connectivity index (χ0) is 11.4. The zero-order valence-corrected chi connectivity index (χ0v) is 8.74. The number of primary amides is 1. The van der Waals surface area contributed by atoms with E-state index in [0.29, 0.717) is 0 Å². The Balaban J connectivity index is 4.26. The Kier molecular flexibility index (Phi) is 4.56. The topological polar surface area (TPSA) is 89.6 Å². The molecular weight excluding hydrogens is 186 g/mol. The molecule has 0 saturated heterocycles. The minimum atomic E-state index is -1.53. The Bertz CT molecular complexity index is 211. The summed E-state index contributed by atoms with van der Waals surface area (Å²) in [6.07, 6.45) is 0.108. The molecule has 0 aromatic heterocycles. The average Bonchev–Trinajstić information content (AvgIpc) is 2.02. The highest BCUT2D eigenvalue weighted by molar-refractivity contribution is 6.00. The van der Waals surface area contributed by atoms with Gasteiger partial charge in [0, 0.05) is 6.61 Å². The number of amides is 1. The van der Waals surface area contributed by atoms with Gasteiger partial charge in [-0.15, -0.1) is 0 Å². The number of carboxylic acid groups (broad SMARTS) is 1. The van der Waals surface area contributed by atoms with E-state index in [1.165, 1.54) is 6.92 Å². The lowest BCUT2D eigenvalue weighted by molar-refractivity contribution is -0.155. The minimum Gasteiger partial charge on any atom is -0.480 e. The van der Waals surface area contributed by atoms with Crippen LogP contribution in [-0.4, -0.2) is 29.7 Å².